The molecule has 29 heavy (non-hydrogen) atoms. The van der Waals surface area contributed by atoms with Gasteiger partial charge >= 0.3 is 0 Å². The zero-order valence-corrected chi connectivity index (χ0v) is 20.3. The summed E-state index contributed by atoms with van der Waals surface area (Å²) in [6, 6.07) is 0. The number of allylic oxidation sites excluding steroid dienone is 1. The van der Waals surface area contributed by atoms with Gasteiger partial charge in [0, 0.05) is 7.11 Å². The summed E-state index contributed by atoms with van der Waals surface area (Å²) in [7, 11) is 1.91. The monoisotopic (exact) mass is 400 g/mol. The maximum absolute atomic E-state index is 5.75. The van der Waals surface area contributed by atoms with Gasteiger partial charge in [0.25, 0.3) is 0 Å². The molecule has 4 rings (SSSR count). The van der Waals surface area contributed by atoms with Crippen LogP contribution in [0.1, 0.15) is 105 Å². The Labute approximate surface area is 181 Å². The van der Waals surface area contributed by atoms with E-state index in [4.69, 9.17) is 4.74 Å². The standard InChI is InChI=1S/C28H48O/c1-19(2)8-7-9-20(3)24-12-13-25-23-11-10-21-18-22(29-6)14-16-27(21,4)26(23)15-17-28(24,25)5/h10,19-20,22-26H,7-9,11-18H2,1-6H3/t20-,22?,23?,24?,25+,26+,27?,28?/m1/s1. The lowest BCUT2D eigenvalue weighted by molar-refractivity contribution is -0.0601. The lowest BCUT2D eigenvalue weighted by Crippen LogP contribution is -2.50. The highest BCUT2D eigenvalue weighted by atomic mass is 16.5. The third-order valence-corrected chi connectivity index (χ3v) is 10.6. The maximum atomic E-state index is 5.75. The summed E-state index contributed by atoms with van der Waals surface area (Å²) in [6.07, 6.45) is 18.7. The molecule has 1 heteroatoms. The van der Waals surface area contributed by atoms with Crippen LogP contribution in [0.3, 0.4) is 0 Å². The zero-order valence-electron chi connectivity index (χ0n) is 20.3. The quantitative estimate of drug-likeness (QED) is 0.410. The highest BCUT2D eigenvalue weighted by molar-refractivity contribution is 5.25. The van der Waals surface area contributed by atoms with Crippen LogP contribution in [0.2, 0.25) is 0 Å². The summed E-state index contributed by atoms with van der Waals surface area (Å²) >= 11 is 0. The summed E-state index contributed by atoms with van der Waals surface area (Å²) in [4.78, 5) is 0. The van der Waals surface area contributed by atoms with Gasteiger partial charge in [-0.25, -0.2) is 0 Å². The van der Waals surface area contributed by atoms with Crippen LogP contribution in [0.15, 0.2) is 11.6 Å². The van der Waals surface area contributed by atoms with E-state index in [2.05, 4.69) is 40.7 Å². The summed E-state index contributed by atoms with van der Waals surface area (Å²) in [6.45, 7) is 12.7. The number of ether oxygens (including phenoxy) is 1. The van der Waals surface area contributed by atoms with E-state index in [0.29, 0.717) is 16.9 Å². The molecular weight excluding hydrogens is 352 g/mol. The Morgan fingerprint density at radius 3 is 2.52 bits per heavy atom. The Balaban J connectivity index is 1.48. The van der Waals surface area contributed by atoms with Crippen LogP contribution in [0.4, 0.5) is 0 Å². The fourth-order valence-electron chi connectivity index (χ4n) is 8.85. The molecule has 4 aliphatic rings. The fraction of sp³-hybridized carbons (Fsp3) is 0.929. The number of rotatable bonds is 6. The van der Waals surface area contributed by atoms with Crippen molar-refractivity contribution >= 4 is 0 Å². The highest BCUT2D eigenvalue weighted by Gasteiger charge is 2.59. The van der Waals surface area contributed by atoms with Crippen molar-refractivity contribution in [3.05, 3.63) is 11.6 Å². The minimum absolute atomic E-state index is 0.472. The molecule has 3 fully saturated rings. The van der Waals surface area contributed by atoms with Crippen LogP contribution in [-0.2, 0) is 4.74 Å². The molecule has 0 bridgehead atoms. The van der Waals surface area contributed by atoms with Gasteiger partial charge < -0.3 is 4.74 Å². The molecule has 0 aromatic carbocycles. The van der Waals surface area contributed by atoms with E-state index >= 15 is 0 Å². The first-order valence-corrected chi connectivity index (χ1v) is 13.0. The van der Waals surface area contributed by atoms with Crippen molar-refractivity contribution < 1.29 is 4.74 Å². The predicted molar refractivity (Wildman–Crippen MR) is 124 cm³/mol. The molecule has 0 aromatic rings. The van der Waals surface area contributed by atoms with Crippen LogP contribution < -0.4 is 0 Å². The normalized spacial score (nSPS) is 45.3. The smallest absolute Gasteiger partial charge is 0.0608 e. The second-order valence-electron chi connectivity index (χ2n) is 12.4. The van der Waals surface area contributed by atoms with Gasteiger partial charge in [-0.3, -0.25) is 0 Å². The Kier molecular flexibility index (Phi) is 6.29. The third kappa shape index (κ3) is 3.77. The van der Waals surface area contributed by atoms with Gasteiger partial charge in [-0.2, -0.15) is 0 Å². The number of hydrogen-bond acceptors (Lipinski definition) is 1. The van der Waals surface area contributed by atoms with Crippen LogP contribution >= 0.6 is 0 Å². The summed E-state index contributed by atoms with van der Waals surface area (Å²) < 4.78 is 5.75. The highest BCUT2D eigenvalue weighted by Crippen LogP contribution is 2.67. The van der Waals surface area contributed by atoms with Crippen molar-refractivity contribution in [3.63, 3.8) is 0 Å². The first kappa shape index (κ1) is 21.9. The zero-order chi connectivity index (χ0) is 20.8. The van der Waals surface area contributed by atoms with Gasteiger partial charge in [0.2, 0.25) is 0 Å². The molecule has 4 aliphatic carbocycles. The third-order valence-electron chi connectivity index (χ3n) is 10.6. The average Bonchev–Trinajstić information content (AvgIpc) is 3.04. The molecule has 1 nitrogen and oxygen atoms in total. The van der Waals surface area contributed by atoms with E-state index in [1.165, 1.54) is 70.6 Å². The summed E-state index contributed by atoms with van der Waals surface area (Å²) in [5.41, 5.74) is 2.85. The second kappa shape index (κ2) is 8.33. The molecule has 0 heterocycles. The Hall–Kier alpha value is -0.300. The van der Waals surface area contributed by atoms with Gasteiger partial charge in [0.1, 0.15) is 0 Å². The van der Waals surface area contributed by atoms with Crippen LogP contribution in [0.25, 0.3) is 0 Å². The Morgan fingerprint density at radius 1 is 1.00 bits per heavy atom. The summed E-state index contributed by atoms with van der Waals surface area (Å²) in [5.74, 6) is 5.63. The van der Waals surface area contributed by atoms with E-state index < -0.39 is 0 Å². The minimum Gasteiger partial charge on any atom is -0.381 e. The van der Waals surface area contributed by atoms with E-state index in [1.54, 1.807) is 5.57 Å². The molecular formula is C28H48O. The van der Waals surface area contributed by atoms with E-state index in [-0.39, 0.29) is 0 Å². The van der Waals surface area contributed by atoms with Crippen molar-refractivity contribution in [2.75, 3.05) is 7.11 Å². The SMILES string of the molecule is COC1CCC2(C)C(=CCC3[C@@H]2CCC2(C)C([C@H](C)CCCC(C)C)CC[C@@H]32)C1. The predicted octanol–water partition coefficient (Wildman–Crippen LogP) is 8.04. The molecule has 5 unspecified atom stereocenters. The average molecular weight is 401 g/mol. The van der Waals surface area contributed by atoms with E-state index in [0.717, 1.165) is 35.5 Å². The van der Waals surface area contributed by atoms with Gasteiger partial charge in [0.05, 0.1) is 6.10 Å². The maximum Gasteiger partial charge on any atom is 0.0608 e. The fourth-order valence-corrected chi connectivity index (χ4v) is 8.85. The van der Waals surface area contributed by atoms with Gasteiger partial charge in [-0.05, 0) is 97.7 Å². The molecule has 0 amide bonds. The van der Waals surface area contributed by atoms with Crippen molar-refractivity contribution in [1.29, 1.82) is 0 Å². The van der Waals surface area contributed by atoms with E-state index in [9.17, 15) is 0 Å². The van der Waals surface area contributed by atoms with Crippen LogP contribution in [0, 0.1) is 46.3 Å². The van der Waals surface area contributed by atoms with Crippen LogP contribution in [-0.4, -0.2) is 13.2 Å². The molecule has 0 spiro atoms. The van der Waals surface area contributed by atoms with Gasteiger partial charge in [-0.1, -0.05) is 65.5 Å². The second-order valence-corrected chi connectivity index (χ2v) is 12.4. The first-order chi connectivity index (χ1) is 13.8. The molecule has 0 radical (unpaired) electrons. The number of hydrogen-bond donors (Lipinski definition) is 0. The molecule has 0 aromatic heterocycles. The Bertz CT molecular complexity index is 605. The minimum atomic E-state index is 0.472. The van der Waals surface area contributed by atoms with Gasteiger partial charge in [0.15, 0.2) is 0 Å². The first-order valence-electron chi connectivity index (χ1n) is 13.0. The summed E-state index contributed by atoms with van der Waals surface area (Å²) in [5, 5.41) is 0. The molecule has 8 atom stereocenters. The van der Waals surface area contributed by atoms with E-state index in [1.807, 2.05) is 7.11 Å². The molecule has 0 aliphatic heterocycles. The molecule has 3 saturated carbocycles. The largest absolute Gasteiger partial charge is 0.381 e. The van der Waals surface area contributed by atoms with Crippen molar-refractivity contribution in [2.24, 2.45) is 46.3 Å². The Morgan fingerprint density at radius 2 is 1.79 bits per heavy atom. The van der Waals surface area contributed by atoms with Crippen molar-refractivity contribution in [3.8, 4) is 0 Å². The van der Waals surface area contributed by atoms with Crippen LogP contribution in [0.5, 0.6) is 0 Å². The topological polar surface area (TPSA) is 9.23 Å². The lowest BCUT2D eigenvalue weighted by atomic mass is 9.47. The van der Waals surface area contributed by atoms with Crippen molar-refractivity contribution in [2.45, 2.75) is 111 Å². The van der Waals surface area contributed by atoms with Gasteiger partial charge in [-0.15, -0.1) is 0 Å². The molecule has 0 N–H and O–H groups in total. The number of methoxy groups -OCH3 is 1. The number of fused-ring (bicyclic) bond motifs is 5. The molecule has 0 saturated heterocycles. The molecule has 166 valence electrons. The van der Waals surface area contributed by atoms with Crippen molar-refractivity contribution in [1.82, 2.24) is 0 Å². The lowest BCUT2D eigenvalue weighted by Gasteiger charge is -2.58.